The molecular formula is C18H18Cl2N2O5S. The van der Waals surface area contributed by atoms with Gasteiger partial charge in [-0.3, -0.25) is 9.10 Å². The van der Waals surface area contributed by atoms with E-state index in [0.29, 0.717) is 11.3 Å². The van der Waals surface area contributed by atoms with E-state index in [0.717, 1.165) is 10.6 Å². The number of carbonyl (C=O) groups is 2. The number of carbonyl (C=O) groups excluding carboxylic acids is 2. The van der Waals surface area contributed by atoms with Gasteiger partial charge in [-0.2, -0.15) is 0 Å². The zero-order valence-corrected chi connectivity index (χ0v) is 17.6. The Labute approximate surface area is 173 Å². The van der Waals surface area contributed by atoms with Gasteiger partial charge in [0.05, 0.1) is 29.6 Å². The van der Waals surface area contributed by atoms with Crippen molar-refractivity contribution in [1.82, 2.24) is 0 Å². The fourth-order valence-corrected chi connectivity index (χ4v) is 4.09. The van der Waals surface area contributed by atoms with Gasteiger partial charge in [-0.15, -0.1) is 0 Å². The fraction of sp³-hybridized carbons (Fsp3) is 0.222. The predicted molar refractivity (Wildman–Crippen MR) is 110 cm³/mol. The van der Waals surface area contributed by atoms with E-state index in [9.17, 15) is 18.0 Å². The van der Waals surface area contributed by atoms with Crippen LogP contribution < -0.4 is 9.62 Å². The molecule has 0 aliphatic carbocycles. The van der Waals surface area contributed by atoms with Crippen molar-refractivity contribution < 1.29 is 22.7 Å². The Morgan fingerprint density at radius 2 is 1.71 bits per heavy atom. The zero-order valence-electron chi connectivity index (χ0n) is 15.3. The highest BCUT2D eigenvalue weighted by Gasteiger charge is 2.31. The quantitative estimate of drug-likeness (QED) is 0.687. The summed E-state index contributed by atoms with van der Waals surface area (Å²) in [5.74, 6) is -1.10. The third-order valence-electron chi connectivity index (χ3n) is 3.81. The van der Waals surface area contributed by atoms with Crippen molar-refractivity contribution in [3.05, 3.63) is 58.1 Å². The maximum atomic E-state index is 12.7. The maximum absolute atomic E-state index is 12.7. The smallest absolute Gasteiger partial charge is 0.337 e. The highest BCUT2D eigenvalue weighted by molar-refractivity contribution is 7.92. The number of nitrogens with one attached hydrogen (secondary N) is 1. The molecule has 1 N–H and O–H groups in total. The monoisotopic (exact) mass is 444 g/mol. The topological polar surface area (TPSA) is 92.8 Å². The molecule has 0 aromatic heterocycles. The Morgan fingerprint density at radius 1 is 1.11 bits per heavy atom. The Morgan fingerprint density at radius 3 is 2.25 bits per heavy atom. The van der Waals surface area contributed by atoms with Gasteiger partial charge in [-0.1, -0.05) is 23.2 Å². The first kappa shape index (κ1) is 22.0. The summed E-state index contributed by atoms with van der Waals surface area (Å²) in [7, 11) is -2.58. The molecule has 0 spiro atoms. The van der Waals surface area contributed by atoms with Gasteiger partial charge in [-0.25, -0.2) is 13.2 Å². The molecule has 1 atom stereocenters. The Balaban J connectivity index is 2.29. The van der Waals surface area contributed by atoms with E-state index in [-0.39, 0.29) is 15.7 Å². The van der Waals surface area contributed by atoms with Crippen LogP contribution in [0.4, 0.5) is 11.4 Å². The molecule has 2 aromatic carbocycles. The molecule has 0 aliphatic rings. The average Bonchev–Trinajstić information content (AvgIpc) is 2.63. The van der Waals surface area contributed by atoms with Crippen molar-refractivity contribution in [3.63, 3.8) is 0 Å². The maximum Gasteiger partial charge on any atom is 0.337 e. The second-order valence-electron chi connectivity index (χ2n) is 5.89. The number of anilines is 2. The molecule has 0 heterocycles. The van der Waals surface area contributed by atoms with Gasteiger partial charge < -0.3 is 10.1 Å². The van der Waals surface area contributed by atoms with Gasteiger partial charge >= 0.3 is 5.97 Å². The van der Waals surface area contributed by atoms with Crippen molar-refractivity contribution in [2.75, 3.05) is 23.0 Å². The largest absolute Gasteiger partial charge is 0.465 e. The van der Waals surface area contributed by atoms with Crippen LogP contribution in [-0.4, -0.2) is 39.7 Å². The molecule has 2 aromatic rings. The number of amides is 1. The third kappa shape index (κ3) is 5.15. The number of benzene rings is 2. The molecule has 0 fully saturated rings. The van der Waals surface area contributed by atoms with Gasteiger partial charge in [-0.05, 0) is 49.4 Å². The van der Waals surface area contributed by atoms with Crippen LogP contribution in [0.1, 0.15) is 17.3 Å². The number of rotatable bonds is 6. The first-order valence-corrected chi connectivity index (χ1v) is 10.6. The molecule has 0 bridgehead atoms. The van der Waals surface area contributed by atoms with E-state index in [4.69, 9.17) is 23.2 Å². The van der Waals surface area contributed by atoms with Crippen molar-refractivity contribution >= 4 is 56.5 Å². The molecule has 0 radical (unpaired) electrons. The fourth-order valence-electron chi connectivity index (χ4n) is 2.49. The molecule has 0 unspecified atom stereocenters. The van der Waals surface area contributed by atoms with Crippen LogP contribution in [0.15, 0.2) is 42.5 Å². The summed E-state index contributed by atoms with van der Waals surface area (Å²) in [6.07, 6.45) is 0.971. The number of methoxy groups -OCH3 is 1. The lowest BCUT2D eigenvalue weighted by Crippen LogP contribution is -2.45. The predicted octanol–water partition coefficient (Wildman–Crippen LogP) is 3.57. The van der Waals surface area contributed by atoms with Gasteiger partial charge in [0.15, 0.2) is 0 Å². The van der Waals surface area contributed by atoms with Gasteiger partial charge in [0.25, 0.3) is 0 Å². The summed E-state index contributed by atoms with van der Waals surface area (Å²) in [5, 5.41) is 3.02. The van der Waals surface area contributed by atoms with E-state index in [1.165, 1.54) is 56.5 Å². The third-order valence-corrected chi connectivity index (χ3v) is 5.59. The van der Waals surface area contributed by atoms with Crippen molar-refractivity contribution in [1.29, 1.82) is 0 Å². The minimum Gasteiger partial charge on any atom is -0.465 e. The number of hydrogen-bond acceptors (Lipinski definition) is 5. The minimum absolute atomic E-state index is 0.0976. The normalized spacial score (nSPS) is 12.2. The Hall–Kier alpha value is -2.29. The first-order valence-electron chi connectivity index (χ1n) is 7.98. The highest BCUT2D eigenvalue weighted by Crippen LogP contribution is 2.32. The number of halogens is 2. The van der Waals surface area contributed by atoms with E-state index >= 15 is 0 Å². The lowest BCUT2D eigenvalue weighted by molar-refractivity contribution is -0.116. The van der Waals surface area contributed by atoms with E-state index in [2.05, 4.69) is 10.1 Å². The number of esters is 1. The SMILES string of the molecule is COC(=O)c1ccc(NC(=O)[C@@H](C)N(c2cc(Cl)ccc2Cl)S(C)(=O)=O)cc1. The van der Waals surface area contributed by atoms with E-state index in [1.54, 1.807) is 0 Å². The van der Waals surface area contributed by atoms with Gasteiger partial charge in [0.2, 0.25) is 15.9 Å². The first-order chi connectivity index (χ1) is 13.0. The lowest BCUT2D eigenvalue weighted by atomic mass is 10.2. The summed E-state index contributed by atoms with van der Waals surface area (Å²) in [5.41, 5.74) is 0.799. The number of hydrogen-bond donors (Lipinski definition) is 1. The molecule has 28 heavy (non-hydrogen) atoms. The Bertz CT molecular complexity index is 994. The van der Waals surface area contributed by atoms with Crippen LogP contribution in [0, 0.1) is 0 Å². The van der Waals surface area contributed by atoms with Gasteiger partial charge in [0, 0.05) is 10.7 Å². The average molecular weight is 445 g/mol. The van der Waals surface area contributed by atoms with Crippen molar-refractivity contribution in [3.8, 4) is 0 Å². The van der Waals surface area contributed by atoms with Crippen LogP contribution in [0.3, 0.4) is 0 Å². The van der Waals surface area contributed by atoms with Crippen LogP contribution >= 0.6 is 23.2 Å². The molecule has 10 heteroatoms. The Kier molecular flexibility index (Phi) is 6.92. The zero-order chi connectivity index (χ0) is 21.1. The standard InChI is InChI=1S/C18H18Cl2N2O5S/c1-11(17(23)21-14-7-4-12(5-8-14)18(24)27-2)22(28(3,25)26)16-10-13(19)6-9-15(16)20/h4-11H,1-3H3,(H,21,23)/t11-/m1/s1. The molecule has 2 rings (SSSR count). The van der Waals surface area contributed by atoms with E-state index in [1.807, 2.05) is 0 Å². The molecule has 0 aliphatic heterocycles. The molecule has 0 saturated carbocycles. The van der Waals surface area contributed by atoms with Crippen molar-refractivity contribution in [2.24, 2.45) is 0 Å². The molecular weight excluding hydrogens is 427 g/mol. The van der Waals surface area contributed by atoms with Crippen molar-refractivity contribution in [2.45, 2.75) is 13.0 Å². The van der Waals surface area contributed by atoms with E-state index < -0.39 is 27.9 Å². The second-order valence-corrected chi connectivity index (χ2v) is 8.59. The second kappa shape index (κ2) is 8.81. The number of ether oxygens (including phenoxy) is 1. The highest BCUT2D eigenvalue weighted by atomic mass is 35.5. The summed E-state index contributed by atoms with van der Waals surface area (Å²) in [6, 6.07) is 9.20. The molecule has 0 saturated heterocycles. The molecule has 7 nitrogen and oxygen atoms in total. The van der Waals surface area contributed by atoms with Crippen LogP contribution in [0.2, 0.25) is 10.0 Å². The lowest BCUT2D eigenvalue weighted by Gasteiger charge is -2.29. The summed E-state index contributed by atoms with van der Waals surface area (Å²) in [4.78, 5) is 24.1. The summed E-state index contributed by atoms with van der Waals surface area (Å²) >= 11 is 12.1. The van der Waals surface area contributed by atoms with Gasteiger partial charge in [0.1, 0.15) is 6.04 Å². The number of nitrogens with zero attached hydrogens (tertiary/aromatic N) is 1. The summed E-state index contributed by atoms with van der Waals surface area (Å²) in [6.45, 7) is 1.43. The van der Waals surface area contributed by atoms with Crippen LogP contribution in [0.25, 0.3) is 0 Å². The molecule has 150 valence electrons. The van der Waals surface area contributed by atoms with Crippen LogP contribution in [0.5, 0.6) is 0 Å². The molecule has 1 amide bonds. The summed E-state index contributed by atoms with van der Waals surface area (Å²) < 4.78 is 30.2. The minimum atomic E-state index is -3.85. The number of sulfonamides is 1. The van der Waals surface area contributed by atoms with Crippen LogP contribution in [-0.2, 0) is 19.6 Å².